The van der Waals surface area contributed by atoms with Crippen molar-refractivity contribution in [2.24, 2.45) is 0 Å². The summed E-state index contributed by atoms with van der Waals surface area (Å²) in [5.41, 5.74) is 6.39. The molecule has 0 bridgehead atoms. The molecule has 0 N–H and O–H groups in total. The monoisotopic (exact) mass is 367 g/mol. The summed E-state index contributed by atoms with van der Waals surface area (Å²) >= 11 is 1.80. The van der Waals surface area contributed by atoms with Crippen LogP contribution in [0.3, 0.4) is 0 Å². The highest BCUT2D eigenvalue weighted by Gasteiger charge is 2.19. The molecule has 0 amide bonds. The molecule has 3 nitrogen and oxygen atoms in total. The van der Waals surface area contributed by atoms with Crippen molar-refractivity contribution < 1.29 is 0 Å². The largest absolute Gasteiger partial charge is 0.356 e. The van der Waals surface area contributed by atoms with Crippen LogP contribution in [0.25, 0.3) is 21.3 Å². The minimum absolute atomic E-state index is 0.851. The van der Waals surface area contributed by atoms with Crippen LogP contribution in [0.1, 0.15) is 49.2 Å². The molecule has 0 atom stereocenters. The van der Waals surface area contributed by atoms with E-state index in [1.807, 2.05) is 6.92 Å². The molecule has 3 rings (SSSR count). The molecule has 2 heterocycles. The molecule has 0 saturated heterocycles. The van der Waals surface area contributed by atoms with Crippen molar-refractivity contribution in [3.63, 3.8) is 0 Å². The number of fused-ring (bicyclic) bond motifs is 1. The predicted molar refractivity (Wildman–Crippen MR) is 115 cm³/mol. The van der Waals surface area contributed by atoms with Crippen LogP contribution in [0.4, 0.5) is 5.82 Å². The van der Waals surface area contributed by atoms with E-state index >= 15 is 0 Å². The zero-order valence-electron chi connectivity index (χ0n) is 16.8. The minimum atomic E-state index is 0.851. The molecule has 0 saturated carbocycles. The first-order valence-electron chi connectivity index (χ1n) is 9.55. The fourth-order valence-corrected chi connectivity index (χ4v) is 4.90. The lowest BCUT2D eigenvalue weighted by Crippen LogP contribution is -2.25. The Bertz CT molecular complexity index is 904. The van der Waals surface area contributed by atoms with E-state index in [1.54, 1.807) is 11.3 Å². The Hall–Kier alpha value is -1.94. The Labute approximate surface area is 161 Å². The van der Waals surface area contributed by atoms with Gasteiger partial charge in [0.1, 0.15) is 11.6 Å². The molecule has 0 aliphatic carbocycles. The Morgan fingerprint density at radius 2 is 1.69 bits per heavy atom. The first-order chi connectivity index (χ1) is 12.5. The van der Waals surface area contributed by atoms with Gasteiger partial charge in [0.2, 0.25) is 0 Å². The molecule has 138 valence electrons. The molecule has 1 aromatic carbocycles. The summed E-state index contributed by atoms with van der Waals surface area (Å²) in [5, 5.41) is 3.43. The number of hydrogen-bond acceptors (Lipinski definition) is 4. The fraction of sp³-hybridized carbons (Fsp3) is 0.455. The number of anilines is 1. The summed E-state index contributed by atoms with van der Waals surface area (Å²) in [6, 6.07) is 4.53. The number of benzene rings is 1. The number of thiophene rings is 1. The third-order valence-electron chi connectivity index (χ3n) is 4.91. The molecular weight excluding hydrogens is 338 g/mol. The normalized spacial score (nSPS) is 11.3. The van der Waals surface area contributed by atoms with Crippen molar-refractivity contribution in [2.45, 2.75) is 54.4 Å². The average molecular weight is 368 g/mol. The van der Waals surface area contributed by atoms with E-state index < -0.39 is 0 Å². The Morgan fingerprint density at radius 3 is 2.31 bits per heavy atom. The number of aryl methyl sites for hydroxylation is 4. The molecule has 4 heteroatoms. The van der Waals surface area contributed by atoms with Crippen LogP contribution in [0.15, 0.2) is 17.5 Å². The van der Waals surface area contributed by atoms with Crippen LogP contribution in [-0.4, -0.2) is 23.1 Å². The van der Waals surface area contributed by atoms with E-state index in [2.05, 4.69) is 57.0 Å². The van der Waals surface area contributed by atoms with E-state index in [-0.39, 0.29) is 0 Å². The first-order valence-corrected chi connectivity index (χ1v) is 10.4. The standard InChI is InChI=1S/C22H29N3S/c1-7-9-10-25(8-2)22-18-13-26-21(20(18)23-17(6)24-22)19-15(4)11-14(3)12-16(19)5/h11-13H,7-10H2,1-6H3. The smallest absolute Gasteiger partial charge is 0.141 e. The summed E-state index contributed by atoms with van der Waals surface area (Å²) in [7, 11) is 0. The Balaban J connectivity index is 2.20. The molecule has 0 unspecified atom stereocenters. The lowest BCUT2D eigenvalue weighted by atomic mass is 9.98. The van der Waals surface area contributed by atoms with Crippen LogP contribution in [0.5, 0.6) is 0 Å². The first kappa shape index (κ1) is 18.8. The Kier molecular flexibility index (Phi) is 5.61. The lowest BCUT2D eigenvalue weighted by molar-refractivity contribution is 0.724. The van der Waals surface area contributed by atoms with E-state index in [1.165, 1.54) is 45.4 Å². The molecule has 0 fully saturated rings. The van der Waals surface area contributed by atoms with Crippen LogP contribution in [0.2, 0.25) is 0 Å². The lowest BCUT2D eigenvalue weighted by Gasteiger charge is -2.22. The minimum Gasteiger partial charge on any atom is -0.356 e. The van der Waals surface area contributed by atoms with E-state index in [0.29, 0.717) is 0 Å². The molecule has 2 aromatic heterocycles. The molecular formula is C22H29N3S. The van der Waals surface area contributed by atoms with Gasteiger partial charge in [-0.2, -0.15) is 0 Å². The second kappa shape index (κ2) is 7.75. The van der Waals surface area contributed by atoms with Crippen molar-refractivity contribution in [3.05, 3.63) is 40.0 Å². The van der Waals surface area contributed by atoms with Gasteiger partial charge in [0.15, 0.2) is 0 Å². The van der Waals surface area contributed by atoms with Crippen molar-refractivity contribution in [3.8, 4) is 10.4 Å². The highest BCUT2D eigenvalue weighted by Crippen LogP contribution is 2.40. The fourth-order valence-electron chi connectivity index (χ4n) is 3.74. The second-order valence-electron chi connectivity index (χ2n) is 7.13. The topological polar surface area (TPSA) is 29.0 Å². The van der Waals surface area contributed by atoms with Crippen molar-refractivity contribution in [1.29, 1.82) is 0 Å². The number of unbranched alkanes of at least 4 members (excludes halogenated alkanes) is 1. The highest BCUT2D eigenvalue weighted by atomic mass is 32.1. The summed E-state index contributed by atoms with van der Waals surface area (Å²) in [6.07, 6.45) is 2.38. The van der Waals surface area contributed by atoms with E-state index in [9.17, 15) is 0 Å². The third kappa shape index (κ3) is 3.48. The van der Waals surface area contributed by atoms with Crippen molar-refractivity contribution in [1.82, 2.24) is 9.97 Å². The average Bonchev–Trinajstić information content (AvgIpc) is 2.98. The predicted octanol–water partition coefficient (Wildman–Crippen LogP) is 6.22. The quantitative estimate of drug-likeness (QED) is 0.518. The summed E-state index contributed by atoms with van der Waals surface area (Å²) in [6.45, 7) is 15.0. The van der Waals surface area contributed by atoms with Crippen LogP contribution < -0.4 is 4.90 Å². The molecule has 0 aliphatic rings. The van der Waals surface area contributed by atoms with Gasteiger partial charge in [-0.3, -0.25) is 0 Å². The van der Waals surface area contributed by atoms with Gasteiger partial charge in [0.05, 0.1) is 15.8 Å². The molecule has 0 aliphatic heterocycles. The van der Waals surface area contributed by atoms with Gasteiger partial charge in [-0.1, -0.05) is 31.0 Å². The number of rotatable bonds is 6. The summed E-state index contributed by atoms with van der Waals surface area (Å²) < 4.78 is 0. The molecule has 26 heavy (non-hydrogen) atoms. The maximum atomic E-state index is 4.85. The van der Waals surface area contributed by atoms with Gasteiger partial charge < -0.3 is 4.90 Å². The molecule has 3 aromatic rings. The highest BCUT2D eigenvalue weighted by molar-refractivity contribution is 7.15. The molecule has 0 radical (unpaired) electrons. The van der Waals surface area contributed by atoms with Crippen LogP contribution in [0, 0.1) is 27.7 Å². The zero-order valence-corrected chi connectivity index (χ0v) is 17.6. The zero-order chi connectivity index (χ0) is 18.8. The van der Waals surface area contributed by atoms with Crippen molar-refractivity contribution >= 4 is 28.1 Å². The van der Waals surface area contributed by atoms with Gasteiger partial charge >= 0.3 is 0 Å². The van der Waals surface area contributed by atoms with Crippen molar-refractivity contribution in [2.75, 3.05) is 18.0 Å². The van der Waals surface area contributed by atoms with Gasteiger partial charge in [0.25, 0.3) is 0 Å². The summed E-state index contributed by atoms with van der Waals surface area (Å²) in [4.78, 5) is 13.3. The molecule has 0 spiro atoms. The SMILES string of the molecule is CCCCN(CC)c1nc(C)nc2c(-c3c(C)cc(C)cc3C)scc12. The van der Waals surface area contributed by atoms with Crippen LogP contribution in [-0.2, 0) is 0 Å². The van der Waals surface area contributed by atoms with E-state index in [0.717, 1.165) is 30.2 Å². The number of hydrogen-bond donors (Lipinski definition) is 0. The second-order valence-corrected chi connectivity index (χ2v) is 8.01. The summed E-state index contributed by atoms with van der Waals surface area (Å²) in [5.74, 6) is 1.94. The Morgan fingerprint density at radius 1 is 1.00 bits per heavy atom. The maximum Gasteiger partial charge on any atom is 0.141 e. The van der Waals surface area contributed by atoms with E-state index in [4.69, 9.17) is 9.97 Å². The van der Waals surface area contributed by atoms with Gasteiger partial charge in [-0.05, 0) is 57.7 Å². The van der Waals surface area contributed by atoms with Crippen LogP contribution >= 0.6 is 11.3 Å². The van der Waals surface area contributed by atoms with Gasteiger partial charge in [-0.25, -0.2) is 9.97 Å². The van der Waals surface area contributed by atoms with Gasteiger partial charge in [0, 0.05) is 18.5 Å². The third-order valence-corrected chi connectivity index (χ3v) is 5.90. The number of nitrogens with zero attached hydrogens (tertiary/aromatic N) is 3. The maximum absolute atomic E-state index is 4.85. The number of aromatic nitrogens is 2. The van der Waals surface area contributed by atoms with Gasteiger partial charge in [-0.15, -0.1) is 11.3 Å².